The van der Waals surface area contributed by atoms with Crippen LogP contribution in [-0.2, 0) is 23.1 Å². The first-order valence-corrected chi connectivity index (χ1v) is 23.4. The molecule has 1 aliphatic heterocycles. The molecule has 9 heteroatoms. The molecule has 0 bridgehead atoms. The fourth-order valence-corrected chi connectivity index (χ4v) is 30.6. The summed E-state index contributed by atoms with van der Waals surface area (Å²) in [5.74, 6) is 1.31. The Labute approximate surface area is 267 Å². The number of nitrogens with zero attached hydrogens (tertiary/aromatic N) is 2. The van der Waals surface area contributed by atoms with Crippen LogP contribution in [0.3, 0.4) is 0 Å². The second-order valence-corrected chi connectivity index (χ2v) is 26.2. The zero-order valence-electron chi connectivity index (χ0n) is 26.9. The predicted molar refractivity (Wildman–Crippen MR) is 184 cm³/mol. The van der Waals surface area contributed by atoms with Crippen molar-refractivity contribution in [1.82, 2.24) is 0 Å². The van der Waals surface area contributed by atoms with E-state index in [9.17, 15) is 0 Å². The van der Waals surface area contributed by atoms with Crippen LogP contribution in [0.5, 0.6) is 0 Å². The molecule has 4 rings (SSSR count). The van der Waals surface area contributed by atoms with E-state index in [4.69, 9.17) is 28.5 Å². The second kappa shape index (κ2) is 16.2. The quantitative estimate of drug-likeness (QED) is 0.151. The summed E-state index contributed by atoms with van der Waals surface area (Å²) in [6, 6.07) is 30.9. The third kappa shape index (κ3) is 7.33. The molecular weight excluding hydrogens is 678 g/mol. The average molecular weight is 725 g/mol. The van der Waals surface area contributed by atoms with Gasteiger partial charge in [0.25, 0.3) is 0 Å². The molecule has 0 aliphatic carbocycles. The molecule has 1 heterocycles. The summed E-state index contributed by atoms with van der Waals surface area (Å²) in [6.45, 7) is 13.3. The summed E-state index contributed by atoms with van der Waals surface area (Å²) < 4.78 is 43.4. The van der Waals surface area contributed by atoms with E-state index in [1.54, 1.807) is 0 Å². The van der Waals surface area contributed by atoms with Gasteiger partial charge in [-0.15, -0.1) is 0 Å². The van der Waals surface area contributed by atoms with Gasteiger partial charge >= 0.3 is 269 Å². The average Bonchev–Trinajstić information content (AvgIpc) is 3.04. The molecule has 0 N–H and O–H groups in total. The molecule has 0 aromatic heterocycles. The fourth-order valence-electron chi connectivity index (χ4n) is 6.22. The van der Waals surface area contributed by atoms with Gasteiger partial charge < -0.3 is 0 Å². The Bertz CT molecular complexity index is 1310. The number of rotatable bonds is 14. The van der Waals surface area contributed by atoms with Crippen molar-refractivity contribution in [1.29, 1.82) is 0 Å². The van der Waals surface area contributed by atoms with Crippen molar-refractivity contribution in [3.05, 3.63) is 91.0 Å². The fraction of sp³-hybridized carbons (Fsp3) is 0.429. The van der Waals surface area contributed by atoms with E-state index >= 15 is 4.57 Å². The van der Waals surface area contributed by atoms with Crippen molar-refractivity contribution in [2.75, 3.05) is 26.4 Å². The molecule has 44 heavy (non-hydrogen) atoms. The standard InChI is InChI=1S/C17H32N2O5P.3C6H5.Sn/c1-7-21-16-14(11-12-25(20,23-9-3)24-10-4)18-17(22-8-2)15(19-16)13(5)6;3*1-2-4-6-5-3-1;/h12-15H,7-11H2,1-6H3;3*1-5H;/t14-,15+;;;;/m0..../s1. The van der Waals surface area contributed by atoms with Gasteiger partial charge in [-0.05, 0) is 0 Å². The van der Waals surface area contributed by atoms with Crippen LogP contribution in [0.1, 0.15) is 48.0 Å². The van der Waals surface area contributed by atoms with E-state index < -0.39 is 35.7 Å². The van der Waals surface area contributed by atoms with Crippen LogP contribution < -0.4 is 10.7 Å². The van der Waals surface area contributed by atoms with E-state index in [-0.39, 0.29) is 25.2 Å². The number of hydrogen-bond acceptors (Lipinski definition) is 7. The number of aliphatic imine (C=N–C) groups is 2. The topological polar surface area (TPSA) is 78.7 Å². The molecule has 0 unspecified atom stereocenters. The molecule has 3 aromatic rings. The summed E-state index contributed by atoms with van der Waals surface area (Å²) in [7, 11) is -3.76. The Balaban J connectivity index is 2.08. The van der Waals surface area contributed by atoms with Crippen molar-refractivity contribution >= 4 is 48.5 Å². The SMILES string of the molecule is CCOC1=N[C@H](C(C)C)C(OCC)=N[C@H]1C[C@@H](P(=O)(OCC)OCC)[Sn]([c]1ccccc1)([c]1ccccc1)[c]1ccccc1. The van der Waals surface area contributed by atoms with E-state index in [0.717, 1.165) is 0 Å². The molecule has 0 radical (unpaired) electrons. The number of benzene rings is 3. The Kier molecular flexibility index (Phi) is 12.7. The predicted octanol–water partition coefficient (Wildman–Crippen LogP) is 6.00. The Morgan fingerprint density at radius 2 is 1.09 bits per heavy atom. The maximum atomic E-state index is 15.4. The molecule has 3 aromatic carbocycles. The van der Waals surface area contributed by atoms with Crippen LogP contribution in [0.2, 0.25) is 0 Å². The van der Waals surface area contributed by atoms with Crippen LogP contribution in [0.15, 0.2) is 101 Å². The van der Waals surface area contributed by atoms with Crippen molar-refractivity contribution in [2.45, 2.75) is 63.7 Å². The summed E-state index contributed by atoms with van der Waals surface area (Å²) in [5, 5.41) is 0. The maximum absolute atomic E-state index is 15.4. The van der Waals surface area contributed by atoms with Gasteiger partial charge in [0.1, 0.15) is 0 Å². The summed E-state index contributed by atoms with van der Waals surface area (Å²) in [6.07, 6.45) is 0.367. The van der Waals surface area contributed by atoms with Gasteiger partial charge in [0.15, 0.2) is 0 Å². The van der Waals surface area contributed by atoms with Crippen LogP contribution in [0, 0.1) is 5.92 Å². The molecule has 0 amide bonds. The van der Waals surface area contributed by atoms with Gasteiger partial charge in [0.05, 0.1) is 0 Å². The van der Waals surface area contributed by atoms with Crippen LogP contribution in [-0.4, -0.2) is 72.4 Å². The molecule has 1 aliphatic rings. The van der Waals surface area contributed by atoms with E-state index in [1.807, 2.05) is 45.9 Å². The molecule has 3 atom stereocenters. The Morgan fingerprint density at radius 1 is 0.659 bits per heavy atom. The zero-order chi connectivity index (χ0) is 31.6. The molecule has 0 saturated carbocycles. The Hall–Kier alpha value is -2.45. The zero-order valence-corrected chi connectivity index (χ0v) is 30.6. The van der Waals surface area contributed by atoms with Crippen LogP contribution >= 0.6 is 7.60 Å². The molecule has 236 valence electrons. The molecule has 0 saturated heterocycles. The van der Waals surface area contributed by atoms with Crippen molar-refractivity contribution in [3.63, 3.8) is 0 Å². The summed E-state index contributed by atoms with van der Waals surface area (Å²) >= 11 is -4.37. The number of ether oxygens (including phenoxy) is 2. The van der Waals surface area contributed by atoms with E-state index in [1.165, 1.54) is 10.7 Å². The first kappa shape index (κ1) is 34.4. The van der Waals surface area contributed by atoms with Gasteiger partial charge in [-0.1, -0.05) is 0 Å². The van der Waals surface area contributed by atoms with Crippen LogP contribution in [0.4, 0.5) is 0 Å². The minimum atomic E-state index is -4.37. The van der Waals surface area contributed by atoms with Gasteiger partial charge in [-0.3, -0.25) is 0 Å². The third-order valence-corrected chi connectivity index (χ3v) is 29.6. The third-order valence-electron chi connectivity index (χ3n) is 7.94. The first-order chi connectivity index (χ1) is 21.3. The van der Waals surface area contributed by atoms with Crippen molar-refractivity contribution < 1.29 is 23.1 Å². The van der Waals surface area contributed by atoms with Crippen molar-refractivity contribution in [2.24, 2.45) is 15.9 Å². The van der Waals surface area contributed by atoms with Crippen molar-refractivity contribution in [3.8, 4) is 0 Å². The summed E-state index contributed by atoms with van der Waals surface area (Å²) in [5.41, 5.74) is 0. The van der Waals surface area contributed by atoms with Gasteiger partial charge in [-0.25, -0.2) is 0 Å². The molecule has 0 fully saturated rings. The first-order valence-electron chi connectivity index (χ1n) is 15.8. The monoisotopic (exact) mass is 726 g/mol. The molecule has 7 nitrogen and oxygen atoms in total. The van der Waals surface area contributed by atoms with E-state index in [0.29, 0.717) is 31.4 Å². The summed E-state index contributed by atoms with van der Waals surface area (Å²) in [4.78, 5) is 10.3. The van der Waals surface area contributed by atoms with Crippen LogP contribution in [0.25, 0.3) is 0 Å². The molecule has 0 spiro atoms. The normalized spacial score (nSPS) is 18.0. The Morgan fingerprint density at radius 3 is 1.48 bits per heavy atom. The van der Waals surface area contributed by atoms with Gasteiger partial charge in [-0.2, -0.15) is 0 Å². The number of hydrogen-bond donors (Lipinski definition) is 0. The van der Waals surface area contributed by atoms with Gasteiger partial charge in [0.2, 0.25) is 0 Å². The van der Waals surface area contributed by atoms with Gasteiger partial charge in [0, 0.05) is 0 Å². The molecular formula is C35H47N2O5PSn. The van der Waals surface area contributed by atoms with E-state index in [2.05, 4.69) is 86.6 Å². The second-order valence-electron chi connectivity index (χ2n) is 11.0. The minimum absolute atomic E-state index is 0.168.